The highest BCUT2D eigenvalue weighted by Gasteiger charge is 2.38. The predicted molar refractivity (Wildman–Crippen MR) is 89.4 cm³/mol. The van der Waals surface area contributed by atoms with E-state index in [1.807, 2.05) is 0 Å². The van der Waals surface area contributed by atoms with E-state index in [2.05, 4.69) is 5.10 Å². The van der Waals surface area contributed by atoms with Gasteiger partial charge in [-0.1, -0.05) is 0 Å². The van der Waals surface area contributed by atoms with Gasteiger partial charge < -0.3 is 10.0 Å². The fourth-order valence-electron chi connectivity index (χ4n) is 2.96. The molecule has 3 rings (SSSR count). The molecule has 1 aliphatic rings. The van der Waals surface area contributed by atoms with Crippen LogP contribution in [-0.4, -0.2) is 44.3 Å². The number of carbonyl (C=O) groups is 2. The number of carboxylic acid groups (broad SMARTS) is 1. The lowest BCUT2D eigenvalue weighted by atomic mass is 10.0. The fourth-order valence-corrected chi connectivity index (χ4v) is 2.96. The molecule has 6 nitrogen and oxygen atoms in total. The van der Waals surface area contributed by atoms with Gasteiger partial charge >= 0.3 is 5.97 Å². The number of nitrogens with zero attached hydrogens (tertiary/aromatic N) is 3. The van der Waals surface area contributed by atoms with Gasteiger partial charge in [0.25, 0.3) is 5.91 Å². The van der Waals surface area contributed by atoms with Gasteiger partial charge in [0.1, 0.15) is 11.4 Å². The van der Waals surface area contributed by atoms with Gasteiger partial charge in [0.05, 0.1) is 5.69 Å². The molecule has 1 heterocycles. The van der Waals surface area contributed by atoms with E-state index in [0.29, 0.717) is 5.69 Å². The Balaban J connectivity index is 2.04. The van der Waals surface area contributed by atoms with E-state index in [9.17, 15) is 19.1 Å². The molecular formula is C18H20FN3O3. The molecular weight excluding hydrogens is 325 g/mol. The number of amides is 1. The van der Waals surface area contributed by atoms with Crippen molar-refractivity contribution < 1.29 is 19.1 Å². The largest absolute Gasteiger partial charge is 0.480 e. The number of aliphatic carboxylic acids is 1. The van der Waals surface area contributed by atoms with E-state index in [0.717, 1.165) is 30.5 Å². The topological polar surface area (TPSA) is 75.4 Å². The van der Waals surface area contributed by atoms with Gasteiger partial charge in [-0.15, -0.1) is 0 Å². The van der Waals surface area contributed by atoms with Gasteiger partial charge in [-0.3, -0.25) is 4.79 Å². The molecule has 0 bridgehead atoms. The molecule has 2 aromatic rings. The second-order valence-corrected chi connectivity index (χ2v) is 6.74. The molecule has 1 aliphatic carbocycles. The second kappa shape index (κ2) is 5.98. The van der Waals surface area contributed by atoms with Gasteiger partial charge in [0, 0.05) is 18.3 Å². The summed E-state index contributed by atoms with van der Waals surface area (Å²) in [6.07, 6.45) is 2.40. The number of hydrogen-bond donors (Lipinski definition) is 1. The van der Waals surface area contributed by atoms with E-state index >= 15 is 0 Å². The minimum Gasteiger partial charge on any atom is -0.480 e. The Kier molecular flexibility index (Phi) is 4.10. The Hall–Kier alpha value is -2.70. The first kappa shape index (κ1) is 17.1. The van der Waals surface area contributed by atoms with Crippen LogP contribution in [0.25, 0.3) is 5.69 Å². The lowest BCUT2D eigenvalue weighted by molar-refractivity contribution is -0.147. The number of aromatic nitrogens is 2. The number of fused-ring (bicyclic) bond motifs is 1. The average molecular weight is 345 g/mol. The van der Waals surface area contributed by atoms with Crippen LogP contribution in [0.15, 0.2) is 24.3 Å². The molecule has 7 heteroatoms. The third-order valence-electron chi connectivity index (χ3n) is 4.87. The molecule has 0 unspecified atom stereocenters. The summed E-state index contributed by atoms with van der Waals surface area (Å²) in [7, 11) is 1.47. The van der Waals surface area contributed by atoms with Crippen LogP contribution in [-0.2, 0) is 17.6 Å². The average Bonchev–Trinajstić information content (AvgIpc) is 3.16. The van der Waals surface area contributed by atoms with Crippen molar-refractivity contribution in [1.29, 1.82) is 0 Å². The number of carboxylic acids is 1. The van der Waals surface area contributed by atoms with Gasteiger partial charge in [0.15, 0.2) is 5.69 Å². The van der Waals surface area contributed by atoms with Crippen LogP contribution in [0.1, 0.15) is 42.0 Å². The molecule has 1 aromatic carbocycles. The molecule has 1 amide bonds. The van der Waals surface area contributed by atoms with Crippen molar-refractivity contribution in [2.24, 2.45) is 0 Å². The van der Waals surface area contributed by atoms with Crippen LogP contribution < -0.4 is 0 Å². The van der Waals surface area contributed by atoms with Crippen molar-refractivity contribution in [2.45, 2.75) is 38.6 Å². The Morgan fingerprint density at radius 2 is 1.88 bits per heavy atom. The summed E-state index contributed by atoms with van der Waals surface area (Å²) >= 11 is 0. The quantitative estimate of drug-likeness (QED) is 0.923. The number of rotatable bonds is 4. The lowest BCUT2D eigenvalue weighted by Crippen LogP contribution is -2.51. The number of hydrogen-bond acceptors (Lipinski definition) is 3. The highest BCUT2D eigenvalue weighted by molar-refractivity contribution is 5.97. The van der Waals surface area contributed by atoms with E-state index in [1.54, 1.807) is 16.8 Å². The molecule has 0 fully saturated rings. The number of likely N-dealkylation sites (N-methyl/N-ethyl adjacent to an activating group) is 1. The molecule has 1 aromatic heterocycles. The standard InChI is InChI=1S/C18H20FN3O3/c1-18(2,17(24)25)21(3)16(23)15-13-5-4-6-14(13)22(20-15)12-9-7-11(19)8-10-12/h7-10H,4-6H2,1-3H3,(H,24,25). The maximum absolute atomic E-state index is 13.2. The Morgan fingerprint density at radius 3 is 2.48 bits per heavy atom. The molecule has 0 radical (unpaired) electrons. The zero-order valence-electron chi connectivity index (χ0n) is 14.4. The van der Waals surface area contributed by atoms with Crippen LogP contribution in [0.5, 0.6) is 0 Å². The zero-order chi connectivity index (χ0) is 18.4. The summed E-state index contributed by atoms with van der Waals surface area (Å²) in [5, 5.41) is 13.8. The van der Waals surface area contributed by atoms with E-state index in [-0.39, 0.29) is 11.5 Å². The van der Waals surface area contributed by atoms with Gasteiger partial charge in [-0.05, 0) is 57.4 Å². The van der Waals surface area contributed by atoms with Gasteiger partial charge in [-0.25, -0.2) is 13.9 Å². The Morgan fingerprint density at radius 1 is 1.24 bits per heavy atom. The first-order valence-corrected chi connectivity index (χ1v) is 8.11. The SMILES string of the molecule is CN(C(=O)c1nn(-c2ccc(F)cc2)c2c1CCC2)C(C)(C)C(=O)O. The normalized spacial score (nSPS) is 13.6. The molecule has 0 aliphatic heterocycles. The van der Waals surface area contributed by atoms with Crippen molar-refractivity contribution in [1.82, 2.24) is 14.7 Å². The summed E-state index contributed by atoms with van der Waals surface area (Å²) < 4.78 is 14.8. The van der Waals surface area contributed by atoms with Crippen molar-refractivity contribution in [3.8, 4) is 5.69 Å². The predicted octanol–water partition coefficient (Wildman–Crippen LogP) is 2.44. The van der Waals surface area contributed by atoms with Crippen molar-refractivity contribution in [3.63, 3.8) is 0 Å². The summed E-state index contributed by atoms with van der Waals surface area (Å²) in [6.45, 7) is 2.95. The molecule has 132 valence electrons. The summed E-state index contributed by atoms with van der Waals surface area (Å²) in [4.78, 5) is 25.5. The summed E-state index contributed by atoms with van der Waals surface area (Å²) in [6, 6.07) is 5.92. The summed E-state index contributed by atoms with van der Waals surface area (Å²) in [5.41, 5.74) is 1.38. The van der Waals surface area contributed by atoms with Crippen LogP contribution in [0, 0.1) is 5.82 Å². The smallest absolute Gasteiger partial charge is 0.329 e. The van der Waals surface area contributed by atoms with Gasteiger partial charge in [-0.2, -0.15) is 5.10 Å². The molecule has 1 N–H and O–H groups in total. The first-order chi connectivity index (χ1) is 11.7. The molecule has 25 heavy (non-hydrogen) atoms. The minimum atomic E-state index is -1.35. The highest BCUT2D eigenvalue weighted by Crippen LogP contribution is 2.29. The maximum atomic E-state index is 13.2. The maximum Gasteiger partial charge on any atom is 0.329 e. The number of halogens is 1. The van der Waals surface area contributed by atoms with E-state index in [1.165, 1.54) is 37.9 Å². The Labute approximate surface area is 144 Å². The van der Waals surface area contributed by atoms with Crippen molar-refractivity contribution >= 4 is 11.9 Å². The first-order valence-electron chi connectivity index (χ1n) is 8.11. The van der Waals surface area contributed by atoms with E-state index < -0.39 is 17.4 Å². The Bertz CT molecular complexity index is 840. The van der Waals surface area contributed by atoms with Crippen molar-refractivity contribution in [3.05, 3.63) is 47.0 Å². The number of carbonyl (C=O) groups excluding carboxylic acids is 1. The van der Waals surface area contributed by atoms with Crippen molar-refractivity contribution in [2.75, 3.05) is 7.05 Å². The monoisotopic (exact) mass is 345 g/mol. The minimum absolute atomic E-state index is 0.272. The fraction of sp³-hybridized carbons (Fsp3) is 0.389. The molecule has 0 spiro atoms. The summed E-state index contributed by atoms with van der Waals surface area (Å²) in [5.74, 6) is -1.85. The highest BCUT2D eigenvalue weighted by atomic mass is 19.1. The molecule has 0 saturated carbocycles. The third-order valence-corrected chi connectivity index (χ3v) is 4.87. The van der Waals surface area contributed by atoms with Crippen LogP contribution in [0.3, 0.4) is 0 Å². The zero-order valence-corrected chi connectivity index (χ0v) is 14.4. The number of benzene rings is 1. The van der Waals surface area contributed by atoms with E-state index in [4.69, 9.17) is 0 Å². The van der Waals surface area contributed by atoms with Crippen LogP contribution in [0.2, 0.25) is 0 Å². The third kappa shape index (κ3) is 2.79. The van der Waals surface area contributed by atoms with Gasteiger partial charge in [0.2, 0.25) is 0 Å². The van der Waals surface area contributed by atoms with Crippen LogP contribution >= 0.6 is 0 Å². The molecule has 0 atom stereocenters. The molecule has 0 saturated heterocycles. The van der Waals surface area contributed by atoms with Crippen LogP contribution in [0.4, 0.5) is 4.39 Å². The second-order valence-electron chi connectivity index (χ2n) is 6.74. The lowest BCUT2D eigenvalue weighted by Gasteiger charge is -2.31.